The Labute approximate surface area is 94.3 Å². The molecular weight excluding hydrogens is 208 g/mol. The number of benzene rings is 1. The molecule has 2 aromatic rings. The number of hydrogen-bond acceptors (Lipinski definition) is 1. The topological polar surface area (TPSA) is 27.8 Å². The standard InChI is InChI=1S/C12H13ClN2/c1-9-4-5-10(7-12(9)13)15-8-11-3-2-6-14-11/h2-7,14-15H,8H2,1H3. The molecule has 0 aliphatic carbocycles. The number of aryl methyl sites for hydroxylation is 1. The lowest BCUT2D eigenvalue weighted by Crippen LogP contribution is -1.99. The molecule has 78 valence electrons. The second kappa shape index (κ2) is 4.41. The van der Waals surface area contributed by atoms with Gasteiger partial charge >= 0.3 is 0 Å². The van der Waals surface area contributed by atoms with Gasteiger partial charge in [-0.05, 0) is 36.8 Å². The van der Waals surface area contributed by atoms with E-state index in [2.05, 4.69) is 10.3 Å². The molecule has 1 heterocycles. The summed E-state index contributed by atoms with van der Waals surface area (Å²) in [6.45, 7) is 2.78. The highest BCUT2D eigenvalue weighted by Crippen LogP contribution is 2.20. The van der Waals surface area contributed by atoms with E-state index in [-0.39, 0.29) is 0 Å². The lowest BCUT2D eigenvalue weighted by Gasteiger charge is -2.06. The number of aromatic amines is 1. The number of nitrogens with one attached hydrogen (secondary N) is 2. The zero-order valence-electron chi connectivity index (χ0n) is 8.55. The van der Waals surface area contributed by atoms with Gasteiger partial charge in [-0.3, -0.25) is 0 Å². The molecule has 0 bridgehead atoms. The molecule has 0 amide bonds. The molecule has 0 radical (unpaired) electrons. The first-order chi connectivity index (χ1) is 7.25. The molecule has 0 saturated heterocycles. The Bertz CT molecular complexity index is 435. The minimum Gasteiger partial charge on any atom is -0.379 e. The zero-order valence-corrected chi connectivity index (χ0v) is 9.31. The van der Waals surface area contributed by atoms with Crippen molar-refractivity contribution in [2.45, 2.75) is 13.5 Å². The minimum atomic E-state index is 0.784. The fraction of sp³-hybridized carbons (Fsp3) is 0.167. The Hall–Kier alpha value is -1.41. The summed E-state index contributed by atoms with van der Waals surface area (Å²) in [7, 11) is 0. The highest BCUT2D eigenvalue weighted by molar-refractivity contribution is 6.31. The van der Waals surface area contributed by atoms with Crippen molar-refractivity contribution in [3.8, 4) is 0 Å². The average molecular weight is 221 g/mol. The van der Waals surface area contributed by atoms with Crippen LogP contribution in [0.3, 0.4) is 0 Å². The molecular formula is C12H13ClN2. The van der Waals surface area contributed by atoms with Gasteiger partial charge in [0.15, 0.2) is 0 Å². The summed E-state index contributed by atoms with van der Waals surface area (Å²) in [4.78, 5) is 3.14. The lowest BCUT2D eigenvalue weighted by atomic mass is 10.2. The van der Waals surface area contributed by atoms with Crippen LogP contribution in [0.4, 0.5) is 5.69 Å². The molecule has 0 fully saturated rings. The zero-order chi connectivity index (χ0) is 10.7. The van der Waals surface area contributed by atoms with Gasteiger partial charge in [0.1, 0.15) is 0 Å². The lowest BCUT2D eigenvalue weighted by molar-refractivity contribution is 1.07. The van der Waals surface area contributed by atoms with Crippen molar-refractivity contribution < 1.29 is 0 Å². The maximum Gasteiger partial charge on any atom is 0.0551 e. The van der Waals surface area contributed by atoms with Crippen molar-refractivity contribution in [1.29, 1.82) is 0 Å². The molecule has 1 aromatic heterocycles. The van der Waals surface area contributed by atoms with E-state index >= 15 is 0 Å². The Morgan fingerprint density at radius 3 is 2.87 bits per heavy atom. The molecule has 0 spiro atoms. The second-order valence-electron chi connectivity index (χ2n) is 3.51. The molecule has 0 aliphatic rings. The van der Waals surface area contributed by atoms with Gasteiger partial charge < -0.3 is 10.3 Å². The number of anilines is 1. The summed E-state index contributed by atoms with van der Waals surface area (Å²) in [5.74, 6) is 0. The van der Waals surface area contributed by atoms with E-state index in [1.165, 1.54) is 0 Å². The molecule has 0 saturated carbocycles. The van der Waals surface area contributed by atoms with Crippen LogP contribution in [0.25, 0.3) is 0 Å². The van der Waals surface area contributed by atoms with E-state index in [1.54, 1.807) is 0 Å². The highest BCUT2D eigenvalue weighted by Gasteiger charge is 1.97. The molecule has 2 rings (SSSR count). The quantitative estimate of drug-likeness (QED) is 0.813. The predicted octanol–water partition coefficient (Wildman–Crippen LogP) is 3.59. The highest BCUT2D eigenvalue weighted by atomic mass is 35.5. The summed E-state index contributed by atoms with van der Waals surface area (Å²) < 4.78 is 0. The van der Waals surface area contributed by atoms with Crippen LogP contribution >= 0.6 is 11.6 Å². The van der Waals surface area contributed by atoms with Gasteiger partial charge in [-0.1, -0.05) is 17.7 Å². The first-order valence-electron chi connectivity index (χ1n) is 4.88. The van der Waals surface area contributed by atoms with Crippen LogP contribution in [0.2, 0.25) is 5.02 Å². The number of hydrogen-bond donors (Lipinski definition) is 2. The monoisotopic (exact) mass is 220 g/mol. The third kappa shape index (κ3) is 2.54. The van der Waals surface area contributed by atoms with Crippen LogP contribution in [0, 0.1) is 6.92 Å². The maximum atomic E-state index is 6.03. The van der Waals surface area contributed by atoms with Crippen LogP contribution in [0.15, 0.2) is 36.5 Å². The number of halogens is 1. The van der Waals surface area contributed by atoms with E-state index in [0.29, 0.717) is 0 Å². The van der Waals surface area contributed by atoms with Gasteiger partial charge in [0.2, 0.25) is 0 Å². The van der Waals surface area contributed by atoms with Crippen molar-refractivity contribution in [1.82, 2.24) is 4.98 Å². The summed E-state index contributed by atoms with van der Waals surface area (Å²) in [6.07, 6.45) is 1.92. The molecule has 1 aromatic carbocycles. The predicted molar refractivity (Wildman–Crippen MR) is 64.3 cm³/mol. The number of H-pyrrole nitrogens is 1. The van der Waals surface area contributed by atoms with Crippen molar-refractivity contribution in [3.05, 3.63) is 52.8 Å². The van der Waals surface area contributed by atoms with Gasteiger partial charge in [0, 0.05) is 22.6 Å². The van der Waals surface area contributed by atoms with Crippen LogP contribution < -0.4 is 5.32 Å². The normalized spacial score (nSPS) is 10.3. The summed E-state index contributed by atoms with van der Waals surface area (Å²) in [5, 5.41) is 4.10. The summed E-state index contributed by atoms with van der Waals surface area (Å²) in [5.41, 5.74) is 3.30. The number of rotatable bonds is 3. The minimum absolute atomic E-state index is 0.784. The third-order valence-electron chi connectivity index (χ3n) is 2.32. The first-order valence-corrected chi connectivity index (χ1v) is 5.26. The third-order valence-corrected chi connectivity index (χ3v) is 2.72. The van der Waals surface area contributed by atoms with E-state index in [1.807, 2.05) is 43.5 Å². The molecule has 15 heavy (non-hydrogen) atoms. The molecule has 3 heteroatoms. The molecule has 2 N–H and O–H groups in total. The van der Waals surface area contributed by atoms with E-state index in [9.17, 15) is 0 Å². The van der Waals surface area contributed by atoms with Gasteiger partial charge in [-0.25, -0.2) is 0 Å². The summed E-state index contributed by atoms with van der Waals surface area (Å²) >= 11 is 6.03. The van der Waals surface area contributed by atoms with Crippen molar-refractivity contribution in [2.24, 2.45) is 0 Å². The van der Waals surface area contributed by atoms with Crippen molar-refractivity contribution >= 4 is 17.3 Å². The van der Waals surface area contributed by atoms with Gasteiger partial charge in [0.25, 0.3) is 0 Å². The summed E-state index contributed by atoms with van der Waals surface area (Å²) in [6, 6.07) is 10.0. The average Bonchev–Trinajstić information content (AvgIpc) is 2.73. The van der Waals surface area contributed by atoms with Gasteiger partial charge in [-0.2, -0.15) is 0 Å². The van der Waals surface area contributed by atoms with Crippen molar-refractivity contribution in [2.75, 3.05) is 5.32 Å². The largest absolute Gasteiger partial charge is 0.379 e. The number of aromatic nitrogens is 1. The second-order valence-corrected chi connectivity index (χ2v) is 3.92. The first kappa shape index (κ1) is 10.1. The van der Waals surface area contributed by atoms with Gasteiger partial charge in [-0.15, -0.1) is 0 Å². The van der Waals surface area contributed by atoms with E-state index < -0.39 is 0 Å². The Morgan fingerprint density at radius 1 is 1.33 bits per heavy atom. The van der Waals surface area contributed by atoms with Crippen LogP contribution in [0.5, 0.6) is 0 Å². The maximum absolute atomic E-state index is 6.03. The molecule has 2 nitrogen and oxygen atoms in total. The Morgan fingerprint density at radius 2 is 2.20 bits per heavy atom. The Balaban J connectivity index is 2.02. The molecule has 0 aliphatic heterocycles. The van der Waals surface area contributed by atoms with E-state index in [0.717, 1.165) is 28.5 Å². The molecule has 0 unspecified atom stereocenters. The smallest absolute Gasteiger partial charge is 0.0551 e. The fourth-order valence-corrected chi connectivity index (χ4v) is 1.56. The molecule has 0 atom stereocenters. The van der Waals surface area contributed by atoms with Gasteiger partial charge in [0.05, 0.1) is 6.54 Å². The fourth-order valence-electron chi connectivity index (χ4n) is 1.38. The Kier molecular flexibility index (Phi) is 2.97. The van der Waals surface area contributed by atoms with Crippen LogP contribution in [-0.2, 0) is 6.54 Å². The van der Waals surface area contributed by atoms with Crippen molar-refractivity contribution in [3.63, 3.8) is 0 Å². The van der Waals surface area contributed by atoms with E-state index in [4.69, 9.17) is 11.6 Å². The van der Waals surface area contributed by atoms with Crippen LogP contribution in [0.1, 0.15) is 11.3 Å². The van der Waals surface area contributed by atoms with Crippen LogP contribution in [-0.4, -0.2) is 4.98 Å². The SMILES string of the molecule is Cc1ccc(NCc2ccc[nH]2)cc1Cl.